The average Bonchev–Trinajstić information content (AvgIpc) is 1.19. The summed E-state index contributed by atoms with van der Waals surface area (Å²) in [6.07, 6.45) is -1.83. The molecule has 0 saturated heterocycles. The monoisotopic (exact) mass is 204 g/mol. The molecule has 0 rings (SSSR count). The number of carboxylic acid groups (broad SMARTS) is 2. The Bertz CT molecular complexity index is 161. The van der Waals surface area contributed by atoms with Gasteiger partial charge in [0.25, 0.3) is 0 Å². The van der Waals surface area contributed by atoms with Gasteiger partial charge >= 0.3 is 65.2 Å². The second-order valence-corrected chi connectivity index (χ2v) is 2.13. The van der Waals surface area contributed by atoms with Gasteiger partial charge in [-0.15, -0.1) is 0 Å². The Hall–Kier alpha value is 0.322. The van der Waals surface area contributed by atoms with Crippen LogP contribution in [0, 0.1) is 0 Å². The summed E-state index contributed by atoms with van der Waals surface area (Å²) in [4.78, 5) is 8.56. The van der Waals surface area contributed by atoms with Crippen LogP contribution in [0.2, 0.25) is 0 Å². The van der Waals surface area contributed by atoms with Crippen molar-refractivity contribution in [3.05, 3.63) is 0 Å². The van der Waals surface area contributed by atoms with Gasteiger partial charge in [0, 0.05) is 0 Å². The zero-order chi connectivity index (χ0) is 8.08. The van der Waals surface area contributed by atoms with Crippen molar-refractivity contribution in [1.82, 2.24) is 0 Å². The van der Waals surface area contributed by atoms with Crippen LogP contribution in [0.1, 0.15) is 1.43 Å². The third-order valence-corrected chi connectivity index (χ3v) is 0. The number of hydrogen-bond donors (Lipinski definition) is 4. The zero-order valence-corrected chi connectivity index (χ0v) is 8.20. The van der Waals surface area contributed by atoms with E-state index in [1.54, 1.807) is 0 Å². The molecule has 9 heteroatoms. The van der Waals surface area contributed by atoms with Crippen molar-refractivity contribution < 1.29 is 75.5 Å². The normalized spacial score (nSPS) is 8.20. The Morgan fingerprint density at radius 3 is 1.20 bits per heavy atom. The van der Waals surface area contributed by atoms with Crippen LogP contribution in [0.5, 0.6) is 0 Å². The van der Waals surface area contributed by atoms with Crippen LogP contribution in [-0.4, -0.2) is 24.7 Å². The van der Waals surface area contributed by atoms with E-state index < -0.39 is 19.8 Å². The first kappa shape index (κ1) is 16.7. The number of carbonyl (C=O) groups is 1. The van der Waals surface area contributed by atoms with Crippen molar-refractivity contribution in [2.75, 3.05) is 0 Å². The van der Waals surface area contributed by atoms with Crippen LogP contribution in [0.15, 0.2) is 0 Å². The van der Waals surface area contributed by atoms with Crippen LogP contribution < -0.4 is 29.6 Å². The molecular weight excluding hydrogens is 199 g/mol. The molecule has 10 heavy (non-hydrogen) atoms. The molecule has 0 radical (unpaired) electrons. The summed E-state index contributed by atoms with van der Waals surface area (Å²) >= 11 is -5.25. The topological polar surface area (TPSA) is 132 Å². The molecule has 7 nitrogen and oxygen atoms in total. The van der Waals surface area contributed by atoms with Gasteiger partial charge in [-0.3, -0.25) is 0 Å². The van der Waals surface area contributed by atoms with Gasteiger partial charge in [-0.2, -0.15) is 0 Å². The van der Waals surface area contributed by atoms with E-state index in [1.807, 2.05) is 0 Å². The van der Waals surface area contributed by atoms with Gasteiger partial charge in [-0.25, -0.2) is 4.79 Å². The SMILES string of the molecule is O=C(O)O.[H-].[Na+].[O]=[Cr](=[O])([OH])[OH]. The molecule has 4 N–H and O–H groups in total. The fourth-order valence-electron chi connectivity index (χ4n) is 0. The predicted octanol–water partition coefficient (Wildman–Crippen LogP) is -4.02. The molecule has 0 atom stereocenters. The van der Waals surface area contributed by atoms with E-state index in [0.29, 0.717) is 0 Å². The molecule has 0 aliphatic carbocycles. The Morgan fingerprint density at radius 2 is 1.20 bits per heavy atom. The Kier molecular flexibility index (Phi) is 12.4. The molecule has 0 aromatic rings. The molecule has 0 bridgehead atoms. The summed E-state index contributed by atoms with van der Waals surface area (Å²) in [5, 5.41) is 13.9. The minimum absolute atomic E-state index is 0. The van der Waals surface area contributed by atoms with E-state index in [9.17, 15) is 0 Å². The van der Waals surface area contributed by atoms with Crippen molar-refractivity contribution in [3.63, 3.8) is 0 Å². The van der Waals surface area contributed by atoms with E-state index in [-0.39, 0.29) is 31.0 Å². The van der Waals surface area contributed by atoms with Gasteiger partial charge in [0.1, 0.15) is 0 Å². The molecule has 58 valence electrons. The molecule has 0 unspecified atom stereocenters. The fourth-order valence-corrected chi connectivity index (χ4v) is 0. The van der Waals surface area contributed by atoms with Crippen LogP contribution in [0.4, 0.5) is 4.79 Å². The van der Waals surface area contributed by atoms with Gasteiger partial charge in [-0.1, -0.05) is 0 Å². The van der Waals surface area contributed by atoms with Crippen LogP contribution >= 0.6 is 0 Å². The van der Waals surface area contributed by atoms with Crippen LogP contribution in [0.3, 0.4) is 0 Å². The predicted molar refractivity (Wildman–Crippen MR) is 17.6 cm³/mol. The quantitative estimate of drug-likeness (QED) is 0.295. The molecule has 0 amide bonds. The van der Waals surface area contributed by atoms with Crippen LogP contribution in [-0.2, 0) is 21.2 Å². The summed E-state index contributed by atoms with van der Waals surface area (Å²) in [5.74, 6) is 0. The van der Waals surface area contributed by atoms with Gasteiger partial charge < -0.3 is 11.6 Å². The summed E-state index contributed by atoms with van der Waals surface area (Å²) in [7, 11) is 0. The van der Waals surface area contributed by atoms with E-state index in [0.717, 1.165) is 0 Å². The minimum atomic E-state index is -5.25. The molecule has 0 aromatic carbocycles. The summed E-state index contributed by atoms with van der Waals surface area (Å²) in [5.41, 5.74) is 0. The zero-order valence-electron chi connectivity index (χ0n) is 5.92. The van der Waals surface area contributed by atoms with E-state index in [1.165, 1.54) is 0 Å². The van der Waals surface area contributed by atoms with Crippen LogP contribution in [0.25, 0.3) is 0 Å². The molecule has 0 aliphatic heterocycles. The summed E-state index contributed by atoms with van der Waals surface area (Å²) in [6.45, 7) is 0. The van der Waals surface area contributed by atoms with Crippen molar-refractivity contribution >= 4 is 6.16 Å². The van der Waals surface area contributed by atoms with Crippen molar-refractivity contribution in [1.29, 1.82) is 0 Å². The Balaban J connectivity index is -0.0000000383. The molecule has 0 aromatic heterocycles. The summed E-state index contributed by atoms with van der Waals surface area (Å²) in [6, 6.07) is 0. The first-order chi connectivity index (χ1) is 3.73. The van der Waals surface area contributed by atoms with E-state index in [4.69, 9.17) is 30.9 Å². The van der Waals surface area contributed by atoms with E-state index in [2.05, 4.69) is 0 Å². The maximum atomic E-state index is 8.82. The Labute approximate surface area is 81.5 Å². The van der Waals surface area contributed by atoms with Crippen molar-refractivity contribution in [2.45, 2.75) is 0 Å². The van der Waals surface area contributed by atoms with Crippen molar-refractivity contribution in [3.8, 4) is 0 Å². The third kappa shape index (κ3) is 4290. The summed E-state index contributed by atoms with van der Waals surface area (Å²) < 4.78 is 31.9. The average molecular weight is 204 g/mol. The van der Waals surface area contributed by atoms with E-state index >= 15 is 0 Å². The molecular formula is CH5CrNaO7. The second-order valence-electron chi connectivity index (χ2n) is 0.730. The molecule has 0 spiro atoms. The molecule has 0 heterocycles. The number of hydrogen-bond acceptors (Lipinski definition) is 3. The van der Waals surface area contributed by atoms with Gasteiger partial charge in [0.05, 0.1) is 0 Å². The number of rotatable bonds is 0. The first-order valence-electron chi connectivity index (χ1n) is 1.35. The molecule has 0 saturated carbocycles. The standard InChI is InChI=1S/CH2O3.Cr.Na.2H2O.2O.H/c2-1(3)4;;;;;;;/h(H2,2,3,4);;;2*1H2;;;/q;+2;+1;;;;;-1/p-2. The maximum absolute atomic E-state index is 8.82. The first-order valence-corrected chi connectivity index (χ1v) is 3.53. The van der Waals surface area contributed by atoms with Crippen molar-refractivity contribution in [2.24, 2.45) is 0 Å². The molecule has 0 fully saturated rings. The van der Waals surface area contributed by atoms with Gasteiger partial charge in [0.2, 0.25) is 0 Å². The second kappa shape index (κ2) is 7.43. The van der Waals surface area contributed by atoms with Gasteiger partial charge in [0.15, 0.2) is 0 Å². The third-order valence-electron chi connectivity index (χ3n) is 0. The molecule has 0 aliphatic rings. The fraction of sp³-hybridized carbons (Fsp3) is 0. The van der Waals surface area contributed by atoms with Gasteiger partial charge in [-0.05, 0) is 0 Å². The Morgan fingerprint density at radius 1 is 1.20 bits per heavy atom.